The van der Waals surface area contributed by atoms with Crippen molar-refractivity contribution in [3.8, 4) is 17.4 Å². The summed E-state index contributed by atoms with van der Waals surface area (Å²) >= 11 is 0. The largest absolute Gasteiger partial charge is 0.481 e. The Labute approximate surface area is 199 Å². The number of hydrogen-bond acceptors (Lipinski definition) is 6. The molecular formula is C25H32N6O3. The molecule has 0 aliphatic heterocycles. The zero-order valence-electron chi connectivity index (χ0n) is 20.2. The topological polar surface area (TPSA) is 96.1 Å². The molecule has 9 nitrogen and oxygen atoms in total. The van der Waals surface area contributed by atoms with Gasteiger partial charge in [-0.3, -0.25) is 9.48 Å². The highest BCUT2D eigenvalue weighted by Gasteiger charge is 2.34. The van der Waals surface area contributed by atoms with Crippen LogP contribution in [-0.4, -0.2) is 49.7 Å². The quantitative estimate of drug-likeness (QED) is 0.518. The van der Waals surface area contributed by atoms with Crippen molar-refractivity contribution in [1.29, 1.82) is 0 Å². The molecule has 3 aromatic heterocycles. The van der Waals surface area contributed by atoms with Gasteiger partial charge in [0.15, 0.2) is 0 Å². The smallest absolute Gasteiger partial charge is 0.254 e. The predicted molar refractivity (Wildman–Crippen MR) is 127 cm³/mol. The summed E-state index contributed by atoms with van der Waals surface area (Å²) in [4.78, 5) is 17.1. The summed E-state index contributed by atoms with van der Waals surface area (Å²) < 4.78 is 15.0. The van der Waals surface area contributed by atoms with Gasteiger partial charge in [0.1, 0.15) is 6.10 Å². The predicted octanol–water partition coefficient (Wildman–Crippen LogP) is 3.79. The second-order valence-electron chi connectivity index (χ2n) is 9.63. The Hall–Kier alpha value is -3.36. The van der Waals surface area contributed by atoms with Crippen molar-refractivity contribution in [2.24, 2.45) is 5.92 Å². The van der Waals surface area contributed by atoms with Gasteiger partial charge in [0.05, 0.1) is 42.5 Å². The molecule has 5 rings (SSSR count). The fourth-order valence-electron chi connectivity index (χ4n) is 4.60. The lowest BCUT2D eigenvalue weighted by atomic mass is 9.78. The molecule has 1 atom stereocenters. The molecule has 1 amide bonds. The van der Waals surface area contributed by atoms with Gasteiger partial charge < -0.3 is 14.8 Å². The molecule has 1 N–H and O–H groups in total. The van der Waals surface area contributed by atoms with Gasteiger partial charge in [-0.2, -0.15) is 5.10 Å². The third-order valence-corrected chi connectivity index (χ3v) is 6.75. The van der Waals surface area contributed by atoms with E-state index in [1.165, 1.54) is 12.8 Å². The van der Waals surface area contributed by atoms with Crippen LogP contribution in [0.15, 0.2) is 30.7 Å². The first kappa shape index (κ1) is 22.4. The fourth-order valence-corrected chi connectivity index (χ4v) is 4.60. The number of methoxy groups -OCH3 is 1. The van der Waals surface area contributed by atoms with E-state index < -0.39 is 0 Å². The summed E-state index contributed by atoms with van der Waals surface area (Å²) in [6, 6.07) is 4.27. The Bertz CT molecular complexity index is 1160. The van der Waals surface area contributed by atoms with Gasteiger partial charge in [-0.15, -0.1) is 5.10 Å². The van der Waals surface area contributed by atoms with Crippen molar-refractivity contribution in [3.05, 3.63) is 47.5 Å². The van der Waals surface area contributed by atoms with Gasteiger partial charge in [0.2, 0.25) is 11.8 Å². The number of rotatable bonds is 9. The summed E-state index contributed by atoms with van der Waals surface area (Å²) in [5, 5.41) is 12.1. The van der Waals surface area contributed by atoms with E-state index in [-0.39, 0.29) is 18.1 Å². The SMILES string of the molecule is COc1ccc(-n2ncc(C(=O)N[C@@H](C)CC3CC(Oc4nn(C5CC5)cc4C)C3)c2C)cn1. The van der Waals surface area contributed by atoms with E-state index in [4.69, 9.17) is 9.47 Å². The molecule has 0 aromatic carbocycles. The van der Waals surface area contributed by atoms with E-state index in [2.05, 4.69) is 40.5 Å². The summed E-state index contributed by atoms with van der Waals surface area (Å²) in [5.74, 6) is 1.75. The van der Waals surface area contributed by atoms with Crippen LogP contribution in [0.2, 0.25) is 0 Å². The highest BCUT2D eigenvalue weighted by Crippen LogP contribution is 2.38. The van der Waals surface area contributed by atoms with Crippen molar-refractivity contribution in [1.82, 2.24) is 29.9 Å². The Morgan fingerprint density at radius 2 is 2.03 bits per heavy atom. The zero-order chi connectivity index (χ0) is 23.8. The summed E-state index contributed by atoms with van der Waals surface area (Å²) in [5.41, 5.74) is 3.23. The minimum Gasteiger partial charge on any atom is -0.481 e. The molecule has 2 aliphatic rings. The van der Waals surface area contributed by atoms with Crippen LogP contribution in [-0.2, 0) is 0 Å². The number of carbonyl (C=O) groups excluding carboxylic acids is 1. The second kappa shape index (κ2) is 9.12. The molecule has 2 aliphatic carbocycles. The van der Waals surface area contributed by atoms with E-state index in [0.29, 0.717) is 23.4 Å². The number of nitrogens with one attached hydrogen (secondary N) is 1. The number of nitrogens with zero attached hydrogens (tertiary/aromatic N) is 5. The normalized spacial score (nSPS) is 20.5. The zero-order valence-corrected chi connectivity index (χ0v) is 20.2. The highest BCUT2D eigenvalue weighted by atomic mass is 16.5. The van der Waals surface area contributed by atoms with Crippen molar-refractivity contribution in [3.63, 3.8) is 0 Å². The van der Waals surface area contributed by atoms with Crippen molar-refractivity contribution in [2.45, 2.75) is 71.1 Å². The third kappa shape index (κ3) is 4.64. The maximum Gasteiger partial charge on any atom is 0.254 e. The molecule has 0 radical (unpaired) electrons. The molecule has 0 bridgehead atoms. The minimum atomic E-state index is -0.105. The monoisotopic (exact) mass is 464 g/mol. The highest BCUT2D eigenvalue weighted by molar-refractivity contribution is 5.95. The fraction of sp³-hybridized carbons (Fsp3) is 0.520. The Kier molecular flexibility index (Phi) is 6.02. The number of aryl methyl sites for hydroxylation is 1. The van der Waals surface area contributed by atoms with Crippen LogP contribution in [0.5, 0.6) is 11.8 Å². The molecule has 3 aromatic rings. The Morgan fingerprint density at radius 3 is 2.71 bits per heavy atom. The summed E-state index contributed by atoms with van der Waals surface area (Å²) in [6.45, 7) is 6.00. The van der Waals surface area contributed by atoms with E-state index >= 15 is 0 Å². The number of ether oxygens (including phenoxy) is 2. The van der Waals surface area contributed by atoms with Gasteiger partial charge in [-0.05, 0) is 64.9 Å². The first-order valence-electron chi connectivity index (χ1n) is 12.0. The van der Waals surface area contributed by atoms with Gasteiger partial charge in [-0.25, -0.2) is 9.67 Å². The molecule has 0 saturated heterocycles. The molecule has 34 heavy (non-hydrogen) atoms. The van der Waals surface area contributed by atoms with Crippen molar-refractivity contribution in [2.75, 3.05) is 7.11 Å². The molecule has 180 valence electrons. The lowest BCUT2D eigenvalue weighted by molar-refractivity contribution is 0.0507. The van der Waals surface area contributed by atoms with Crippen molar-refractivity contribution < 1.29 is 14.3 Å². The van der Waals surface area contributed by atoms with Crippen LogP contribution in [0.25, 0.3) is 5.69 Å². The number of aromatic nitrogens is 5. The van der Waals surface area contributed by atoms with Gasteiger partial charge >= 0.3 is 0 Å². The van der Waals surface area contributed by atoms with Crippen LogP contribution in [0.1, 0.15) is 66.7 Å². The van der Waals surface area contributed by atoms with E-state index in [1.54, 1.807) is 30.3 Å². The number of carbonyl (C=O) groups is 1. The van der Waals surface area contributed by atoms with Crippen LogP contribution < -0.4 is 14.8 Å². The first-order valence-corrected chi connectivity index (χ1v) is 12.0. The maximum atomic E-state index is 12.9. The molecule has 2 fully saturated rings. The standard InChI is InChI=1S/C25H32N6O3/c1-15-14-30(19-5-6-19)29-25(15)34-21-10-18(11-21)9-16(2)28-24(32)22-13-27-31(17(22)3)20-7-8-23(33-4)26-12-20/h7-8,12-14,16,18-19,21H,5-6,9-11H2,1-4H3,(H,28,32)/t16-,18?,21?/m0/s1. The van der Waals surface area contributed by atoms with Crippen LogP contribution >= 0.6 is 0 Å². The van der Waals surface area contributed by atoms with E-state index in [0.717, 1.165) is 42.1 Å². The van der Waals surface area contributed by atoms with Gasteiger partial charge in [-0.1, -0.05) is 0 Å². The summed E-state index contributed by atoms with van der Waals surface area (Å²) in [6.07, 6.45) is 11.0. The maximum absolute atomic E-state index is 12.9. The van der Waals surface area contributed by atoms with E-state index in [1.807, 2.05) is 17.7 Å². The van der Waals surface area contributed by atoms with E-state index in [9.17, 15) is 4.79 Å². The average Bonchev–Trinajstić information content (AvgIpc) is 3.48. The Morgan fingerprint density at radius 1 is 1.24 bits per heavy atom. The van der Waals surface area contributed by atoms with Crippen molar-refractivity contribution >= 4 is 5.91 Å². The molecule has 9 heteroatoms. The van der Waals surface area contributed by atoms with Gasteiger partial charge in [0.25, 0.3) is 5.91 Å². The molecular weight excluding hydrogens is 432 g/mol. The van der Waals surface area contributed by atoms with Crippen LogP contribution in [0, 0.1) is 19.8 Å². The van der Waals surface area contributed by atoms with Crippen LogP contribution in [0.4, 0.5) is 0 Å². The molecule has 3 heterocycles. The molecule has 2 saturated carbocycles. The third-order valence-electron chi connectivity index (χ3n) is 6.75. The Balaban J connectivity index is 1.10. The first-order chi connectivity index (χ1) is 16.4. The van der Waals surface area contributed by atoms with Crippen LogP contribution in [0.3, 0.4) is 0 Å². The number of pyridine rings is 1. The minimum absolute atomic E-state index is 0.0691. The molecule has 0 unspecified atom stereocenters. The molecule has 0 spiro atoms. The number of amides is 1. The number of hydrogen-bond donors (Lipinski definition) is 1. The van der Waals surface area contributed by atoms with Gasteiger partial charge in [0, 0.05) is 23.9 Å². The average molecular weight is 465 g/mol. The summed E-state index contributed by atoms with van der Waals surface area (Å²) in [7, 11) is 1.58. The lowest BCUT2D eigenvalue weighted by Gasteiger charge is -2.36. The lowest BCUT2D eigenvalue weighted by Crippen LogP contribution is -2.40. The second-order valence-corrected chi connectivity index (χ2v) is 9.63.